The Balaban J connectivity index is 1.81. The van der Waals surface area contributed by atoms with Gasteiger partial charge in [0.1, 0.15) is 8.07 Å². The molecule has 2 bridgehead atoms. The Labute approximate surface area is 255 Å². The van der Waals surface area contributed by atoms with Crippen LogP contribution >= 0.6 is 0 Å². The molecule has 0 fully saturated rings. The lowest BCUT2D eigenvalue weighted by Crippen LogP contribution is -2.46. The zero-order valence-electron chi connectivity index (χ0n) is 27.9. The van der Waals surface area contributed by atoms with E-state index in [1.54, 1.807) is 12.2 Å². The van der Waals surface area contributed by atoms with Crippen molar-refractivity contribution in [3.8, 4) is 11.5 Å². The van der Waals surface area contributed by atoms with Gasteiger partial charge in [-0.05, 0) is 78.6 Å². The molecule has 2 aromatic rings. The lowest BCUT2D eigenvalue weighted by Gasteiger charge is -2.48. The summed E-state index contributed by atoms with van der Waals surface area (Å²) >= 11 is 0. The highest BCUT2D eigenvalue weighted by atomic mass is 28.3. The van der Waals surface area contributed by atoms with Crippen LogP contribution in [-0.4, -0.2) is 24.6 Å². The summed E-state index contributed by atoms with van der Waals surface area (Å²) < 4.78 is 0. The van der Waals surface area contributed by atoms with Crippen LogP contribution in [-0.2, 0) is 15.6 Å². The van der Waals surface area contributed by atoms with Gasteiger partial charge in [-0.1, -0.05) is 125 Å². The van der Waals surface area contributed by atoms with E-state index in [0.29, 0.717) is 16.6 Å². The normalized spacial score (nSPS) is 23.3. The van der Waals surface area contributed by atoms with Crippen LogP contribution in [0.1, 0.15) is 128 Å². The molecule has 2 nitrogen and oxygen atoms in total. The van der Waals surface area contributed by atoms with Crippen LogP contribution in [0.4, 0.5) is 0 Å². The van der Waals surface area contributed by atoms with Crippen LogP contribution in [0, 0.1) is 11.5 Å². The molecule has 0 saturated heterocycles. The molecule has 0 saturated carbocycles. The second-order valence-corrected chi connectivity index (χ2v) is 21.6. The van der Waals surface area contributed by atoms with E-state index in [2.05, 4.69) is 131 Å². The molecule has 222 valence electrons. The second-order valence-electron chi connectivity index (χ2n) is 16.0. The molecule has 0 radical (unpaired) electrons. The molecule has 0 amide bonds. The largest absolute Gasteiger partial charge is 0.370 e. The molecule has 0 aliphatic heterocycles. The van der Waals surface area contributed by atoms with Gasteiger partial charge < -0.3 is 5.11 Å². The lowest BCUT2D eigenvalue weighted by molar-refractivity contribution is -0.112. The van der Waals surface area contributed by atoms with Crippen LogP contribution in [0.3, 0.4) is 0 Å². The standard InChI is InChI=1S/C39H50O2Si/c1-23(2)42(24(3)4,25(5)6)20-19-39(41)18-17-32(40)35-33-28-15-13-27(38(10,11)12)22-31(28)34(36(35)39)29-16-14-26(21-30(29)33)37(7,8)9/h13-18,21-25,33-34,41H,1-12H3/t33-,34-,39?/m0/s1. The number of carbonyl (C=O) groups excluding carboxylic acids is 1. The zero-order chi connectivity index (χ0) is 31.2. The maximum Gasteiger partial charge on any atom is 0.182 e. The molecule has 0 spiro atoms. The van der Waals surface area contributed by atoms with Crippen LogP contribution in [0.25, 0.3) is 0 Å². The summed E-state index contributed by atoms with van der Waals surface area (Å²) in [7, 11) is -2.12. The number of benzene rings is 2. The summed E-state index contributed by atoms with van der Waals surface area (Å²) in [5, 5.41) is 12.6. The summed E-state index contributed by atoms with van der Waals surface area (Å²) in [6.45, 7) is 27.2. The Morgan fingerprint density at radius 3 is 1.64 bits per heavy atom. The topological polar surface area (TPSA) is 37.3 Å². The summed E-state index contributed by atoms with van der Waals surface area (Å²) in [4.78, 5) is 13.9. The fraction of sp³-hybridized carbons (Fsp3) is 0.513. The third-order valence-electron chi connectivity index (χ3n) is 10.5. The summed E-state index contributed by atoms with van der Waals surface area (Å²) in [6, 6.07) is 13.6. The molecule has 42 heavy (non-hydrogen) atoms. The first-order valence-corrected chi connectivity index (χ1v) is 18.1. The predicted molar refractivity (Wildman–Crippen MR) is 179 cm³/mol. The number of ketones is 1. The number of rotatable bonds is 3. The number of hydrogen-bond donors (Lipinski definition) is 1. The molecular formula is C39H50O2Si. The number of allylic oxidation sites excluding steroid dienone is 2. The smallest absolute Gasteiger partial charge is 0.182 e. The van der Waals surface area contributed by atoms with Gasteiger partial charge in [-0.2, -0.15) is 0 Å². The van der Waals surface area contributed by atoms with E-state index in [1.165, 1.54) is 33.4 Å². The third kappa shape index (κ3) is 4.53. The zero-order valence-corrected chi connectivity index (χ0v) is 28.9. The van der Waals surface area contributed by atoms with Crippen LogP contribution in [0.15, 0.2) is 59.7 Å². The highest BCUT2D eigenvalue weighted by Crippen LogP contribution is 2.60. The van der Waals surface area contributed by atoms with Gasteiger partial charge in [-0.3, -0.25) is 4.79 Å². The average molecular weight is 579 g/mol. The maximum absolute atomic E-state index is 13.9. The lowest BCUT2D eigenvalue weighted by atomic mass is 9.55. The molecule has 3 atom stereocenters. The van der Waals surface area contributed by atoms with E-state index < -0.39 is 13.7 Å². The van der Waals surface area contributed by atoms with Gasteiger partial charge in [0.25, 0.3) is 0 Å². The van der Waals surface area contributed by atoms with Crippen LogP contribution < -0.4 is 0 Å². The molecule has 2 aromatic carbocycles. The Bertz CT molecular complexity index is 1550. The van der Waals surface area contributed by atoms with Crippen molar-refractivity contribution in [3.05, 3.63) is 93.1 Å². The molecule has 4 aliphatic carbocycles. The Hall–Kier alpha value is -2.67. The summed E-state index contributed by atoms with van der Waals surface area (Å²) in [5.74, 6) is 3.08. The van der Waals surface area contributed by atoms with Gasteiger partial charge in [-0.25, -0.2) is 0 Å². The summed E-state index contributed by atoms with van der Waals surface area (Å²) in [6.07, 6.45) is 3.28. The molecule has 1 N–H and O–H groups in total. The second kappa shape index (κ2) is 9.93. The fourth-order valence-corrected chi connectivity index (χ4v) is 13.5. The summed E-state index contributed by atoms with van der Waals surface area (Å²) in [5.41, 5.74) is 12.5. The van der Waals surface area contributed by atoms with Gasteiger partial charge in [0, 0.05) is 17.4 Å². The van der Waals surface area contributed by atoms with E-state index in [-0.39, 0.29) is 28.4 Å². The van der Waals surface area contributed by atoms with E-state index in [1.807, 2.05) is 0 Å². The first-order valence-electron chi connectivity index (χ1n) is 15.9. The number of hydrogen-bond acceptors (Lipinski definition) is 2. The molecule has 3 heteroatoms. The van der Waals surface area contributed by atoms with Gasteiger partial charge in [-0.15, -0.1) is 5.54 Å². The van der Waals surface area contributed by atoms with Crippen LogP contribution in [0.5, 0.6) is 0 Å². The Kier molecular flexibility index (Phi) is 7.28. The van der Waals surface area contributed by atoms with Gasteiger partial charge in [0.15, 0.2) is 11.4 Å². The minimum absolute atomic E-state index is 0.00363. The molecule has 1 unspecified atom stereocenters. The van der Waals surface area contributed by atoms with Gasteiger partial charge >= 0.3 is 0 Å². The minimum atomic E-state index is -2.12. The van der Waals surface area contributed by atoms with Crippen molar-refractivity contribution < 1.29 is 9.90 Å². The first kappa shape index (κ1) is 30.8. The van der Waals surface area contributed by atoms with Gasteiger partial charge in [0.05, 0.1) is 0 Å². The van der Waals surface area contributed by atoms with Crippen LogP contribution in [0.2, 0.25) is 16.6 Å². The van der Waals surface area contributed by atoms with E-state index in [4.69, 9.17) is 0 Å². The first-order chi connectivity index (χ1) is 19.3. The highest BCUT2D eigenvalue weighted by Gasteiger charge is 2.52. The quantitative estimate of drug-likeness (QED) is 0.291. The van der Waals surface area contributed by atoms with Crippen molar-refractivity contribution in [2.45, 2.75) is 128 Å². The molecule has 6 rings (SSSR count). The Morgan fingerprint density at radius 1 is 0.738 bits per heavy atom. The van der Waals surface area contributed by atoms with E-state index >= 15 is 0 Å². The minimum Gasteiger partial charge on any atom is -0.370 e. The fourth-order valence-electron chi connectivity index (χ4n) is 8.20. The molecule has 0 aromatic heterocycles. The third-order valence-corrected chi connectivity index (χ3v) is 16.8. The van der Waals surface area contributed by atoms with Crippen molar-refractivity contribution in [1.82, 2.24) is 0 Å². The Morgan fingerprint density at radius 2 is 1.19 bits per heavy atom. The predicted octanol–water partition coefficient (Wildman–Crippen LogP) is 9.26. The van der Waals surface area contributed by atoms with E-state index in [9.17, 15) is 9.90 Å². The SMILES string of the molecule is CC(C)[Si](C#CC1(O)C=CC(=O)C2=C1[C@H]1c3ccc(C(C)(C)C)cc3[C@@H]2c2ccc(C(C)(C)C)cc21)(C(C)C)C(C)C. The monoisotopic (exact) mass is 578 g/mol. The van der Waals surface area contributed by atoms with Crippen molar-refractivity contribution in [3.63, 3.8) is 0 Å². The van der Waals surface area contributed by atoms with Gasteiger partial charge in [0.2, 0.25) is 0 Å². The number of carbonyl (C=O) groups is 1. The van der Waals surface area contributed by atoms with Crippen molar-refractivity contribution in [1.29, 1.82) is 0 Å². The van der Waals surface area contributed by atoms with Crippen molar-refractivity contribution >= 4 is 13.9 Å². The maximum atomic E-state index is 13.9. The van der Waals surface area contributed by atoms with E-state index in [0.717, 1.165) is 11.1 Å². The highest BCUT2D eigenvalue weighted by molar-refractivity contribution is 6.90. The molecule has 4 aliphatic rings. The van der Waals surface area contributed by atoms with Crippen molar-refractivity contribution in [2.75, 3.05) is 0 Å². The molecule has 0 heterocycles. The number of aliphatic hydroxyl groups is 1. The van der Waals surface area contributed by atoms with Crippen molar-refractivity contribution in [2.24, 2.45) is 0 Å². The molecular weight excluding hydrogens is 529 g/mol. The average Bonchev–Trinajstić information content (AvgIpc) is 2.88.